The zero-order chi connectivity index (χ0) is 17.3. The van der Waals surface area contributed by atoms with E-state index in [0.29, 0.717) is 30.6 Å². The van der Waals surface area contributed by atoms with Crippen LogP contribution in [0.25, 0.3) is 11.1 Å². The summed E-state index contributed by atoms with van der Waals surface area (Å²) in [5.41, 5.74) is 0.820. The summed E-state index contributed by atoms with van der Waals surface area (Å²) in [6.45, 7) is 0.346. The predicted molar refractivity (Wildman–Crippen MR) is 81.2 cm³/mol. The number of nitrogens with zero attached hydrogens (tertiary/aromatic N) is 1. The van der Waals surface area contributed by atoms with Crippen LogP contribution in [-0.2, 0) is 11.2 Å². The van der Waals surface area contributed by atoms with Crippen LogP contribution in [-0.4, -0.2) is 35.9 Å². The fourth-order valence-corrected chi connectivity index (χ4v) is 2.77. The SMILES string of the molecule is COC[C@H]1CCc2c(-c3ccc(F)cc3F)cc(C(=O)O)nc2O1. The van der Waals surface area contributed by atoms with Crippen molar-refractivity contribution in [2.24, 2.45) is 0 Å². The van der Waals surface area contributed by atoms with Crippen LogP contribution < -0.4 is 4.74 Å². The maximum Gasteiger partial charge on any atom is 0.354 e. The topological polar surface area (TPSA) is 68.7 Å². The Kier molecular flexibility index (Phi) is 4.44. The lowest BCUT2D eigenvalue weighted by molar-refractivity contribution is 0.0619. The number of pyridine rings is 1. The Morgan fingerprint density at radius 2 is 2.17 bits per heavy atom. The summed E-state index contributed by atoms with van der Waals surface area (Å²) in [5, 5.41) is 9.24. The molecule has 0 radical (unpaired) electrons. The molecule has 1 aromatic carbocycles. The van der Waals surface area contributed by atoms with E-state index in [1.165, 1.54) is 12.1 Å². The minimum atomic E-state index is -1.25. The number of methoxy groups -OCH3 is 1. The van der Waals surface area contributed by atoms with Crippen LogP contribution in [0.5, 0.6) is 5.88 Å². The number of aromatic carboxylic acids is 1. The predicted octanol–water partition coefficient (Wildman–Crippen LogP) is 3.07. The third-order valence-electron chi connectivity index (χ3n) is 3.87. The molecule has 3 rings (SSSR count). The maximum atomic E-state index is 14.2. The van der Waals surface area contributed by atoms with E-state index in [2.05, 4.69) is 4.98 Å². The Bertz CT molecular complexity index is 794. The molecule has 1 aromatic heterocycles. The molecule has 1 aliphatic heterocycles. The second kappa shape index (κ2) is 6.52. The number of halogens is 2. The molecule has 7 heteroatoms. The van der Waals surface area contributed by atoms with Crippen molar-refractivity contribution in [1.29, 1.82) is 0 Å². The number of carboxylic acid groups (broad SMARTS) is 1. The van der Waals surface area contributed by atoms with Crippen LogP contribution in [0.15, 0.2) is 24.3 Å². The molecule has 1 atom stereocenters. The molecule has 1 N–H and O–H groups in total. The molecule has 0 amide bonds. The van der Waals surface area contributed by atoms with Gasteiger partial charge in [0.25, 0.3) is 0 Å². The molecule has 0 saturated heterocycles. The molecule has 0 spiro atoms. The molecule has 0 saturated carbocycles. The lowest BCUT2D eigenvalue weighted by Gasteiger charge is -2.26. The number of benzene rings is 1. The van der Waals surface area contributed by atoms with E-state index in [4.69, 9.17) is 9.47 Å². The van der Waals surface area contributed by atoms with Crippen LogP contribution in [0.2, 0.25) is 0 Å². The second-order valence-corrected chi connectivity index (χ2v) is 5.50. The number of hydrogen-bond donors (Lipinski definition) is 1. The van der Waals surface area contributed by atoms with Crippen molar-refractivity contribution in [3.63, 3.8) is 0 Å². The van der Waals surface area contributed by atoms with E-state index in [9.17, 15) is 18.7 Å². The van der Waals surface area contributed by atoms with Gasteiger partial charge >= 0.3 is 5.97 Å². The summed E-state index contributed by atoms with van der Waals surface area (Å²) in [4.78, 5) is 15.3. The van der Waals surface area contributed by atoms with Crippen molar-refractivity contribution in [3.8, 4) is 17.0 Å². The summed E-state index contributed by atoms with van der Waals surface area (Å²) in [5.74, 6) is -2.56. The van der Waals surface area contributed by atoms with Crippen molar-refractivity contribution in [1.82, 2.24) is 4.98 Å². The van der Waals surface area contributed by atoms with Gasteiger partial charge < -0.3 is 14.6 Å². The first-order valence-electron chi connectivity index (χ1n) is 7.38. The number of ether oxygens (including phenoxy) is 2. The molecule has 2 heterocycles. The molecule has 1 aliphatic rings. The van der Waals surface area contributed by atoms with Gasteiger partial charge in [-0.2, -0.15) is 0 Å². The summed E-state index contributed by atoms with van der Waals surface area (Å²) >= 11 is 0. The zero-order valence-corrected chi connectivity index (χ0v) is 12.9. The first-order valence-corrected chi connectivity index (χ1v) is 7.38. The van der Waals surface area contributed by atoms with Crippen LogP contribution in [0.1, 0.15) is 22.5 Å². The first kappa shape index (κ1) is 16.3. The molecule has 24 heavy (non-hydrogen) atoms. The number of hydrogen-bond acceptors (Lipinski definition) is 4. The monoisotopic (exact) mass is 335 g/mol. The van der Waals surface area contributed by atoms with Crippen molar-refractivity contribution >= 4 is 5.97 Å². The number of aromatic nitrogens is 1. The Morgan fingerprint density at radius 1 is 1.38 bits per heavy atom. The van der Waals surface area contributed by atoms with E-state index in [0.717, 1.165) is 12.1 Å². The van der Waals surface area contributed by atoms with Gasteiger partial charge in [-0.25, -0.2) is 18.6 Å². The molecular formula is C17H15F2NO4. The van der Waals surface area contributed by atoms with E-state index >= 15 is 0 Å². The quantitative estimate of drug-likeness (QED) is 0.930. The van der Waals surface area contributed by atoms with Gasteiger partial charge in [-0.05, 0) is 36.6 Å². The minimum Gasteiger partial charge on any atom is -0.477 e. The average Bonchev–Trinajstić information content (AvgIpc) is 2.54. The van der Waals surface area contributed by atoms with Gasteiger partial charge in [-0.1, -0.05) is 0 Å². The van der Waals surface area contributed by atoms with E-state index in [-0.39, 0.29) is 23.2 Å². The fraction of sp³-hybridized carbons (Fsp3) is 0.294. The van der Waals surface area contributed by atoms with Crippen LogP contribution in [0.4, 0.5) is 8.78 Å². The second-order valence-electron chi connectivity index (χ2n) is 5.50. The number of rotatable bonds is 4. The highest BCUT2D eigenvalue weighted by atomic mass is 19.1. The molecule has 126 valence electrons. The van der Waals surface area contributed by atoms with Crippen LogP contribution in [0, 0.1) is 11.6 Å². The van der Waals surface area contributed by atoms with E-state index in [1.807, 2.05) is 0 Å². The fourth-order valence-electron chi connectivity index (χ4n) is 2.77. The van der Waals surface area contributed by atoms with Gasteiger partial charge in [0, 0.05) is 24.3 Å². The van der Waals surface area contributed by atoms with Crippen molar-refractivity contribution < 1.29 is 28.2 Å². The van der Waals surface area contributed by atoms with Gasteiger partial charge in [-0.15, -0.1) is 0 Å². The molecule has 0 fully saturated rings. The molecule has 5 nitrogen and oxygen atoms in total. The van der Waals surface area contributed by atoms with Gasteiger partial charge in [-0.3, -0.25) is 0 Å². The van der Waals surface area contributed by atoms with Gasteiger partial charge in [0.1, 0.15) is 17.7 Å². The number of carboxylic acids is 1. The summed E-state index contributed by atoms with van der Waals surface area (Å²) in [6, 6.07) is 4.47. The van der Waals surface area contributed by atoms with Gasteiger partial charge in [0.15, 0.2) is 5.69 Å². The summed E-state index contributed by atoms with van der Waals surface area (Å²) in [7, 11) is 1.54. The van der Waals surface area contributed by atoms with Crippen molar-refractivity contribution in [2.45, 2.75) is 18.9 Å². The zero-order valence-electron chi connectivity index (χ0n) is 12.9. The van der Waals surface area contributed by atoms with Crippen molar-refractivity contribution in [3.05, 3.63) is 47.2 Å². The average molecular weight is 335 g/mol. The Labute approximate surface area is 136 Å². The molecular weight excluding hydrogens is 320 g/mol. The minimum absolute atomic E-state index is 0.117. The molecule has 0 bridgehead atoms. The smallest absolute Gasteiger partial charge is 0.354 e. The van der Waals surface area contributed by atoms with E-state index < -0.39 is 17.6 Å². The van der Waals surface area contributed by atoms with Crippen LogP contribution in [0.3, 0.4) is 0 Å². The third-order valence-corrected chi connectivity index (χ3v) is 3.87. The van der Waals surface area contributed by atoms with E-state index in [1.54, 1.807) is 7.11 Å². The molecule has 0 unspecified atom stereocenters. The lowest BCUT2D eigenvalue weighted by atomic mass is 9.94. The maximum absolute atomic E-state index is 14.2. The Balaban J connectivity index is 2.13. The number of carbonyl (C=O) groups is 1. The van der Waals surface area contributed by atoms with Gasteiger partial charge in [0.2, 0.25) is 5.88 Å². The standard InChI is InChI=1S/C17H15F2NO4/c1-23-8-10-3-5-12-13(11-4-2-9(18)6-14(11)19)7-15(17(21)22)20-16(12)24-10/h2,4,6-7,10H,3,5,8H2,1H3,(H,21,22)/t10-/m1/s1. The summed E-state index contributed by atoms with van der Waals surface area (Å²) < 4.78 is 38.1. The molecule has 0 aliphatic carbocycles. The Hall–Kier alpha value is -2.54. The van der Waals surface area contributed by atoms with Crippen LogP contribution >= 0.6 is 0 Å². The highest BCUT2D eigenvalue weighted by molar-refractivity contribution is 5.88. The highest BCUT2D eigenvalue weighted by Crippen LogP contribution is 2.36. The highest BCUT2D eigenvalue weighted by Gasteiger charge is 2.27. The summed E-state index contributed by atoms with van der Waals surface area (Å²) in [6.07, 6.45) is 0.914. The van der Waals surface area contributed by atoms with Crippen molar-refractivity contribution in [2.75, 3.05) is 13.7 Å². The number of fused-ring (bicyclic) bond motifs is 1. The molecule has 2 aromatic rings. The van der Waals surface area contributed by atoms with Gasteiger partial charge in [0.05, 0.1) is 6.61 Å². The Morgan fingerprint density at radius 3 is 2.83 bits per heavy atom. The normalized spacial score (nSPS) is 16.4. The first-order chi connectivity index (χ1) is 11.5. The largest absolute Gasteiger partial charge is 0.477 e. The third kappa shape index (κ3) is 3.07. The lowest BCUT2D eigenvalue weighted by Crippen LogP contribution is -2.28.